The van der Waals surface area contributed by atoms with E-state index in [1.807, 2.05) is 6.92 Å². The van der Waals surface area contributed by atoms with Crippen LogP contribution in [-0.2, 0) is 6.54 Å². The SMILES string of the molecule is CCOc1ccc(C(C)=O)cc1Cn1cc(C(C)O)nn1. The van der Waals surface area contributed by atoms with Crippen molar-refractivity contribution in [3.8, 4) is 5.75 Å². The van der Waals surface area contributed by atoms with Crippen LogP contribution in [0.5, 0.6) is 5.75 Å². The molecule has 0 fully saturated rings. The zero-order chi connectivity index (χ0) is 15.4. The first-order valence-electron chi connectivity index (χ1n) is 6.86. The molecule has 0 bridgehead atoms. The van der Waals surface area contributed by atoms with Crippen molar-refractivity contribution in [2.45, 2.75) is 33.4 Å². The minimum Gasteiger partial charge on any atom is -0.494 e. The molecule has 1 aromatic heterocycles. The van der Waals surface area contributed by atoms with Gasteiger partial charge in [-0.2, -0.15) is 0 Å². The van der Waals surface area contributed by atoms with Crippen LogP contribution in [0.25, 0.3) is 0 Å². The highest BCUT2D eigenvalue weighted by Gasteiger charge is 2.11. The maximum absolute atomic E-state index is 11.5. The van der Waals surface area contributed by atoms with Gasteiger partial charge in [0.05, 0.1) is 25.5 Å². The molecule has 6 nitrogen and oxygen atoms in total. The lowest BCUT2D eigenvalue weighted by Gasteiger charge is -2.11. The Bertz CT molecular complexity index is 635. The lowest BCUT2D eigenvalue weighted by Crippen LogP contribution is -2.06. The minimum atomic E-state index is -0.659. The van der Waals surface area contributed by atoms with Gasteiger partial charge >= 0.3 is 0 Å². The number of benzene rings is 1. The van der Waals surface area contributed by atoms with Crippen molar-refractivity contribution in [2.75, 3.05) is 6.61 Å². The molecule has 21 heavy (non-hydrogen) atoms. The number of nitrogens with zero attached hydrogens (tertiary/aromatic N) is 3. The maximum Gasteiger partial charge on any atom is 0.159 e. The number of aliphatic hydroxyl groups excluding tert-OH is 1. The Morgan fingerprint density at radius 1 is 1.48 bits per heavy atom. The van der Waals surface area contributed by atoms with Gasteiger partial charge in [0, 0.05) is 11.1 Å². The average Bonchev–Trinajstić information content (AvgIpc) is 2.89. The van der Waals surface area contributed by atoms with Gasteiger partial charge in [-0.25, -0.2) is 4.68 Å². The summed E-state index contributed by atoms with van der Waals surface area (Å²) in [5.74, 6) is 0.721. The first-order valence-corrected chi connectivity index (χ1v) is 6.86. The first-order chi connectivity index (χ1) is 10.0. The van der Waals surface area contributed by atoms with Gasteiger partial charge in [-0.05, 0) is 39.0 Å². The molecule has 0 radical (unpaired) electrons. The Labute approximate surface area is 123 Å². The molecule has 0 aliphatic rings. The number of carbonyl (C=O) groups is 1. The summed E-state index contributed by atoms with van der Waals surface area (Å²) in [6.45, 7) is 6.04. The number of hydrogen-bond acceptors (Lipinski definition) is 5. The van der Waals surface area contributed by atoms with E-state index in [9.17, 15) is 9.90 Å². The zero-order valence-corrected chi connectivity index (χ0v) is 12.4. The number of aromatic nitrogens is 3. The highest BCUT2D eigenvalue weighted by atomic mass is 16.5. The molecule has 6 heteroatoms. The molecule has 0 spiro atoms. The molecule has 0 aliphatic heterocycles. The van der Waals surface area contributed by atoms with Gasteiger partial charge in [0.15, 0.2) is 5.78 Å². The summed E-state index contributed by atoms with van der Waals surface area (Å²) in [6, 6.07) is 5.35. The van der Waals surface area contributed by atoms with Crippen molar-refractivity contribution in [3.63, 3.8) is 0 Å². The molecule has 1 heterocycles. The minimum absolute atomic E-state index is 0.00237. The van der Waals surface area contributed by atoms with Crippen LogP contribution in [0.4, 0.5) is 0 Å². The summed E-state index contributed by atoms with van der Waals surface area (Å²) < 4.78 is 7.19. The van der Waals surface area contributed by atoms with Gasteiger partial charge in [0.25, 0.3) is 0 Å². The van der Waals surface area contributed by atoms with Gasteiger partial charge in [0.2, 0.25) is 0 Å². The van der Waals surface area contributed by atoms with Crippen molar-refractivity contribution in [1.82, 2.24) is 15.0 Å². The third-order valence-corrected chi connectivity index (χ3v) is 3.08. The lowest BCUT2D eigenvalue weighted by atomic mass is 10.1. The predicted octanol–water partition coefficient (Wildman–Crippen LogP) is 1.98. The molecule has 0 saturated carbocycles. The van der Waals surface area contributed by atoms with Gasteiger partial charge in [-0.15, -0.1) is 5.10 Å². The van der Waals surface area contributed by atoms with Crippen molar-refractivity contribution < 1.29 is 14.6 Å². The van der Waals surface area contributed by atoms with Crippen LogP contribution in [0.15, 0.2) is 24.4 Å². The molecule has 0 amide bonds. The Morgan fingerprint density at radius 2 is 2.24 bits per heavy atom. The smallest absolute Gasteiger partial charge is 0.159 e. The van der Waals surface area contributed by atoms with Crippen molar-refractivity contribution in [2.24, 2.45) is 0 Å². The first kappa shape index (κ1) is 15.2. The van der Waals surface area contributed by atoms with Gasteiger partial charge < -0.3 is 9.84 Å². The molecule has 1 N–H and O–H groups in total. The normalized spacial score (nSPS) is 12.2. The molecule has 112 valence electrons. The lowest BCUT2D eigenvalue weighted by molar-refractivity contribution is 0.101. The fourth-order valence-electron chi connectivity index (χ4n) is 1.97. The highest BCUT2D eigenvalue weighted by Crippen LogP contribution is 2.22. The second kappa shape index (κ2) is 6.49. The van der Waals surface area contributed by atoms with Crippen molar-refractivity contribution in [3.05, 3.63) is 41.2 Å². The van der Waals surface area contributed by atoms with Crippen LogP contribution >= 0.6 is 0 Å². The molecular formula is C15H19N3O3. The molecule has 1 aromatic carbocycles. The number of ketones is 1. The Balaban J connectivity index is 2.30. The zero-order valence-electron chi connectivity index (χ0n) is 12.4. The molecule has 0 aliphatic carbocycles. The summed E-state index contributed by atoms with van der Waals surface area (Å²) >= 11 is 0. The van der Waals surface area contributed by atoms with Gasteiger partial charge in [0.1, 0.15) is 11.4 Å². The van der Waals surface area contributed by atoms with E-state index in [0.717, 1.165) is 11.3 Å². The topological polar surface area (TPSA) is 77.2 Å². The predicted molar refractivity (Wildman–Crippen MR) is 77.4 cm³/mol. The van der Waals surface area contributed by atoms with Crippen LogP contribution in [0.3, 0.4) is 0 Å². The largest absolute Gasteiger partial charge is 0.494 e. The number of ether oxygens (including phenoxy) is 1. The highest BCUT2D eigenvalue weighted by molar-refractivity contribution is 5.94. The second-order valence-electron chi connectivity index (χ2n) is 4.83. The maximum atomic E-state index is 11.5. The van der Waals surface area contributed by atoms with E-state index >= 15 is 0 Å². The monoisotopic (exact) mass is 289 g/mol. The number of rotatable bonds is 6. The van der Waals surface area contributed by atoms with Crippen molar-refractivity contribution in [1.29, 1.82) is 0 Å². The fourth-order valence-corrected chi connectivity index (χ4v) is 1.97. The van der Waals surface area contributed by atoms with Gasteiger partial charge in [-0.3, -0.25) is 4.79 Å². The van der Waals surface area contributed by atoms with Crippen LogP contribution in [0.2, 0.25) is 0 Å². The van der Waals surface area contributed by atoms with E-state index in [2.05, 4.69) is 10.3 Å². The van der Waals surface area contributed by atoms with E-state index in [1.54, 1.807) is 36.0 Å². The van der Waals surface area contributed by atoms with Gasteiger partial charge in [-0.1, -0.05) is 5.21 Å². The van der Waals surface area contributed by atoms with E-state index < -0.39 is 6.10 Å². The molecule has 1 atom stereocenters. The molecule has 2 rings (SSSR count). The van der Waals surface area contributed by atoms with E-state index in [0.29, 0.717) is 24.4 Å². The third-order valence-electron chi connectivity index (χ3n) is 3.08. The summed E-state index contributed by atoms with van der Waals surface area (Å²) in [5, 5.41) is 17.3. The van der Waals surface area contributed by atoms with E-state index in [4.69, 9.17) is 4.74 Å². The summed E-state index contributed by atoms with van der Waals surface area (Å²) in [5.41, 5.74) is 1.99. The van der Waals surface area contributed by atoms with Crippen LogP contribution < -0.4 is 4.74 Å². The summed E-state index contributed by atoms with van der Waals surface area (Å²) in [6.07, 6.45) is 1.02. The Hall–Kier alpha value is -2.21. The Kier molecular flexibility index (Phi) is 4.70. The molecular weight excluding hydrogens is 270 g/mol. The Morgan fingerprint density at radius 3 is 2.81 bits per heavy atom. The quantitative estimate of drug-likeness (QED) is 0.823. The van der Waals surface area contributed by atoms with Crippen LogP contribution in [-0.4, -0.2) is 32.5 Å². The van der Waals surface area contributed by atoms with E-state index in [1.165, 1.54) is 6.92 Å². The number of hydrogen-bond donors (Lipinski definition) is 1. The van der Waals surface area contributed by atoms with Crippen molar-refractivity contribution >= 4 is 5.78 Å². The summed E-state index contributed by atoms with van der Waals surface area (Å²) in [4.78, 5) is 11.5. The fraction of sp³-hybridized carbons (Fsp3) is 0.400. The number of carbonyl (C=O) groups excluding carboxylic acids is 1. The average molecular weight is 289 g/mol. The second-order valence-corrected chi connectivity index (χ2v) is 4.83. The molecule has 0 saturated heterocycles. The summed E-state index contributed by atoms with van der Waals surface area (Å²) in [7, 11) is 0. The third kappa shape index (κ3) is 3.66. The standard InChI is InChI=1S/C15H19N3O3/c1-4-21-15-6-5-12(10(2)19)7-13(15)8-18-9-14(11(3)20)16-17-18/h5-7,9,11,20H,4,8H2,1-3H3. The number of aliphatic hydroxyl groups is 1. The molecule has 1 unspecified atom stereocenters. The molecule has 2 aromatic rings. The van der Waals surface area contributed by atoms with E-state index in [-0.39, 0.29) is 5.78 Å². The van der Waals surface area contributed by atoms with Crippen LogP contribution in [0, 0.1) is 0 Å². The van der Waals surface area contributed by atoms with Crippen LogP contribution in [0.1, 0.15) is 48.5 Å². The number of Topliss-reactive ketones (excluding diaryl/α,β-unsaturated/α-hetero) is 1.